The van der Waals surface area contributed by atoms with Gasteiger partial charge in [0.25, 0.3) is 0 Å². The molecule has 6 atom stereocenters. The number of aliphatic hydroxyl groups is 1. The molecule has 0 radical (unpaired) electrons. The zero-order valence-corrected chi connectivity index (χ0v) is 17.2. The van der Waals surface area contributed by atoms with Gasteiger partial charge in [0.2, 0.25) is 0 Å². The van der Waals surface area contributed by atoms with E-state index in [1.165, 1.54) is 12.5 Å². The average molecular weight is 379 g/mol. The number of fused-ring (bicyclic) bond motifs is 1. The van der Waals surface area contributed by atoms with E-state index in [0.29, 0.717) is 18.4 Å². The first-order valence-corrected chi connectivity index (χ1v) is 9.95. The SMILES string of the molecule is CC(=O)OC[C@@H]1C(C=O)=CC[C@@H]2O[C@]2(C)C[C@@H](O)[C@H]1[C@H](C)CCC=C(C)C. The van der Waals surface area contributed by atoms with Gasteiger partial charge in [0.05, 0.1) is 24.4 Å². The number of ether oxygens (including phenoxy) is 2. The van der Waals surface area contributed by atoms with Crippen molar-refractivity contribution in [2.24, 2.45) is 17.8 Å². The molecular weight excluding hydrogens is 344 g/mol. The highest BCUT2D eigenvalue weighted by atomic mass is 16.6. The fourth-order valence-electron chi connectivity index (χ4n) is 4.36. The maximum atomic E-state index is 11.8. The second-order valence-corrected chi connectivity index (χ2v) is 8.57. The van der Waals surface area contributed by atoms with Gasteiger partial charge in [0, 0.05) is 19.3 Å². The van der Waals surface area contributed by atoms with Crippen molar-refractivity contribution in [2.45, 2.75) is 78.1 Å². The molecule has 5 nitrogen and oxygen atoms in total. The lowest BCUT2D eigenvalue weighted by Gasteiger charge is -2.36. The number of carbonyl (C=O) groups is 2. The molecule has 0 aromatic carbocycles. The molecule has 152 valence electrons. The van der Waals surface area contributed by atoms with Crippen LogP contribution in [0.15, 0.2) is 23.3 Å². The highest BCUT2D eigenvalue weighted by molar-refractivity contribution is 5.74. The molecule has 1 fully saturated rings. The lowest BCUT2D eigenvalue weighted by molar-refractivity contribution is -0.143. The smallest absolute Gasteiger partial charge is 0.302 e. The summed E-state index contributed by atoms with van der Waals surface area (Å²) in [7, 11) is 0. The molecule has 0 bridgehead atoms. The topological polar surface area (TPSA) is 76.1 Å². The van der Waals surface area contributed by atoms with Gasteiger partial charge in [-0.2, -0.15) is 0 Å². The average Bonchev–Trinajstić information content (AvgIpc) is 3.20. The van der Waals surface area contributed by atoms with Crippen LogP contribution in [0.2, 0.25) is 0 Å². The standard InChI is InChI=1S/C22H34O5/c1-14(2)7-6-8-15(3)21-18(13-26-16(4)24)17(12-23)9-10-20-22(5,27-20)11-19(21)25/h7,9,12,15,18-21,25H,6,8,10-11,13H2,1-5H3/t15-,18-,19-,20+,21+,22-/m1/s1. The van der Waals surface area contributed by atoms with Crippen molar-refractivity contribution >= 4 is 12.3 Å². The monoisotopic (exact) mass is 378 g/mol. The minimum absolute atomic E-state index is 0.0382. The lowest BCUT2D eigenvalue weighted by atomic mass is 9.72. The summed E-state index contributed by atoms with van der Waals surface area (Å²) >= 11 is 0. The fraction of sp³-hybridized carbons (Fsp3) is 0.727. The van der Waals surface area contributed by atoms with Crippen molar-refractivity contribution in [3.63, 3.8) is 0 Å². The fourth-order valence-corrected chi connectivity index (χ4v) is 4.36. The molecule has 0 aromatic heterocycles. The van der Waals surface area contributed by atoms with Crippen LogP contribution < -0.4 is 0 Å². The molecular formula is C22H34O5. The van der Waals surface area contributed by atoms with Crippen LogP contribution in [0.4, 0.5) is 0 Å². The molecule has 2 rings (SSSR count). The number of hydrogen-bond donors (Lipinski definition) is 1. The highest BCUT2D eigenvalue weighted by Gasteiger charge is 2.54. The van der Waals surface area contributed by atoms with E-state index >= 15 is 0 Å². The Hall–Kier alpha value is -1.46. The minimum Gasteiger partial charge on any atom is -0.465 e. The summed E-state index contributed by atoms with van der Waals surface area (Å²) in [4.78, 5) is 23.2. The first-order chi connectivity index (χ1) is 12.7. The number of carbonyl (C=O) groups excluding carboxylic acids is 2. The summed E-state index contributed by atoms with van der Waals surface area (Å²) in [5.74, 6) is -0.683. The molecule has 1 aliphatic heterocycles. The molecule has 1 saturated heterocycles. The molecule has 5 heteroatoms. The second kappa shape index (κ2) is 9.16. The Bertz CT molecular complexity index is 604. The zero-order valence-electron chi connectivity index (χ0n) is 17.2. The number of hydrogen-bond acceptors (Lipinski definition) is 5. The van der Waals surface area contributed by atoms with Crippen molar-refractivity contribution in [3.05, 3.63) is 23.3 Å². The molecule has 1 heterocycles. The Morgan fingerprint density at radius 2 is 2.15 bits per heavy atom. The van der Waals surface area contributed by atoms with Crippen LogP contribution in [0.3, 0.4) is 0 Å². The first-order valence-electron chi connectivity index (χ1n) is 9.95. The quantitative estimate of drug-likeness (QED) is 0.317. The van der Waals surface area contributed by atoms with Gasteiger partial charge in [-0.1, -0.05) is 24.6 Å². The molecule has 1 aliphatic carbocycles. The Morgan fingerprint density at radius 1 is 1.44 bits per heavy atom. The second-order valence-electron chi connectivity index (χ2n) is 8.57. The van der Waals surface area contributed by atoms with Crippen molar-refractivity contribution in [1.82, 2.24) is 0 Å². The summed E-state index contributed by atoms with van der Waals surface area (Å²) in [6, 6.07) is 0. The van der Waals surface area contributed by atoms with Crippen LogP contribution in [-0.4, -0.2) is 41.8 Å². The number of epoxide rings is 1. The number of aliphatic hydroxyl groups excluding tert-OH is 1. The molecule has 1 N–H and O–H groups in total. The predicted octanol–water partition coefficient (Wildman–Crippen LogP) is 3.60. The third-order valence-electron chi connectivity index (χ3n) is 5.99. The van der Waals surface area contributed by atoms with Gasteiger partial charge in [-0.15, -0.1) is 0 Å². The van der Waals surface area contributed by atoms with Gasteiger partial charge in [0.15, 0.2) is 0 Å². The number of rotatable bonds is 7. The molecule has 0 unspecified atom stereocenters. The molecule has 0 aromatic rings. The Kier molecular flexibility index (Phi) is 7.40. The predicted molar refractivity (Wildman–Crippen MR) is 104 cm³/mol. The summed E-state index contributed by atoms with van der Waals surface area (Å²) < 4.78 is 11.1. The number of esters is 1. The Balaban J connectivity index is 2.30. The van der Waals surface area contributed by atoms with Crippen LogP contribution in [0.5, 0.6) is 0 Å². The van der Waals surface area contributed by atoms with Gasteiger partial charge in [0.1, 0.15) is 6.29 Å². The van der Waals surface area contributed by atoms with Crippen molar-refractivity contribution < 1.29 is 24.2 Å². The zero-order chi connectivity index (χ0) is 20.2. The van der Waals surface area contributed by atoms with Crippen LogP contribution in [0.1, 0.15) is 60.3 Å². The van der Waals surface area contributed by atoms with E-state index < -0.39 is 6.10 Å². The molecule has 2 aliphatic rings. The first kappa shape index (κ1) is 21.8. The van der Waals surface area contributed by atoms with E-state index in [1.807, 2.05) is 13.0 Å². The van der Waals surface area contributed by atoms with E-state index in [1.54, 1.807) is 0 Å². The van der Waals surface area contributed by atoms with Crippen molar-refractivity contribution in [3.8, 4) is 0 Å². The van der Waals surface area contributed by atoms with Gasteiger partial charge in [-0.25, -0.2) is 0 Å². The van der Waals surface area contributed by atoms with Crippen LogP contribution >= 0.6 is 0 Å². The van der Waals surface area contributed by atoms with Crippen LogP contribution in [-0.2, 0) is 19.1 Å². The maximum Gasteiger partial charge on any atom is 0.302 e. The van der Waals surface area contributed by atoms with E-state index in [2.05, 4.69) is 26.8 Å². The maximum absolute atomic E-state index is 11.8. The largest absolute Gasteiger partial charge is 0.465 e. The lowest BCUT2D eigenvalue weighted by Crippen LogP contribution is -2.39. The number of allylic oxidation sites excluding steroid dienone is 2. The third-order valence-corrected chi connectivity index (χ3v) is 5.99. The normalized spacial score (nSPS) is 34.1. The van der Waals surface area contributed by atoms with Gasteiger partial charge >= 0.3 is 5.97 Å². The number of aldehydes is 1. The molecule has 0 amide bonds. The molecule has 0 saturated carbocycles. The van der Waals surface area contributed by atoms with Crippen molar-refractivity contribution in [2.75, 3.05) is 6.61 Å². The molecule has 0 spiro atoms. The third kappa shape index (κ3) is 5.76. The summed E-state index contributed by atoms with van der Waals surface area (Å²) in [6.07, 6.45) is 7.36. The van der Waals surface area contributed by atoms with Crippen molar-refractivity contribution in [1.29, 1.82) is 0 Å². The van der Waals surface area contributed by atoms with Crippen LogP contribution in [0, 0.1) is 17.8 Å². The van der Waals surface area contributed by atoms with E-state index in [-0.39, 0.29) is 42.0 Å². The van der Waals surface area contributed by atoms with Gasteiger partial charge in [-0.3, -0.25) is 9.59 Å². The Labute approximate surface area is 162 Å². The van der Waals surface area contributed by atoms with E-state index in [0.717, 1.165) is 19.1 Å². The Morgan fingerprint density at radius 3 is 2.74 bits per heavy atom. The van der Waals surface area contributed by atoms with Crippen LogP contribution in [0.25, 0.3) is 0 Å². The highest BCUT2D eigenvalue weighted by Crippen LogP contribution is 2.47. The molecule has 27 heavy (non-hydrogen) atoms. The van der Waals surface area contributed by atoms with E-state index in [4.69, 9.17) is 9.47 Å². The summed E-state index contributed by atoms with van der Waals surface area (Å²) in [6.45, 7) is 9.77. The minimum atomic E-state index is -0.622. The summed E-state index contributed by atoms with van der Waals surface area (Å²) in [5.41, 5.74) is 1.54. The van der Waals surface area contributed by atoms with E-state index in [9.17, 15) is 14.7 Å². The van der Waals surface area contributed by atoms with Gasteiger partial charge < -0.3 is 14.6 Å². The van der Waals surface area contributed by atoms with Gasteiger partial charge in [-0.05, 0) is 57.4 Å². The summed E-state index contributed by atoms with van der Waals surface area (Å²) in [5, 5.41) is 11.1.